The Morgan fingerprint density at radius 1 is 0.409 bits per heavy atom. The summed E-state index contributed by atoms with van der Waals surface area (Å²) in [6.07, 6.45) is 0. The predicted molar refractivity (Wildman–Crippen MR) is 105 cm³/mol. The number of rotatable bonds is 0. The van der Waals surface area contributed by atoms with E-state index in [4.69, 9.17) is 0 Å². The normalized spacial score (nSPS) is 8.91. The molecule has 0 atom stereocenters. The van der Waals surface area contributed by atoms with Crippen LogP contribution in [0.4, 0.5) is 0 Å². The van der Waals surface area contributed by atoms with Crippen LogP contribution in [0.2, 0.25) is 0 Å². The quantitative estimate of drug-likeness (QED) is 0.373. The zero-order chi connectivity index (χ0) is 17.1. The minimum Gasteiger partial charge on any atom is -0.0683 e. The molecule has 0 aromatic heterocycles. The van der Waals surface area contributed by atoms with Crippen LogP contribution in [0.1, 0.15) is 52.7 Å². The van der Waals surface area contributed by atoms with Crippen LogP contribution in [-0.2, 0) is 0 Å². The molecule has 0 fully saturated rings. The molecule has 0 heteroatoms. The number of hydrogen-bond donors (Lipinski definition) is 0. The van der Waals surface area contributed by atoms with Gasteiger partial charge in [-0.15, -0.1) is 0 Å². The molecule has 0 unspecified atom stereocenters. The highest BCUT2D eigenvalue weighted by molar-refractivity contribution is 5.98. The fourth-order valence-corrected chi connectivity index (χ4v) is 2.24. The Hall–Kier alpha value is -1.82. The van der Waals surface area contributed by atoms with Crippen molar-refractivity contribution in [1.29, 1.82) is 0 Å². The maximum absolute atomic E-state index is 2.28. The Morgan fingerprint density at radius 2 is 0.727 bits per heavy atom. The molecule has 3 aromatic carbocycles. The van der Waals surface area contributed by atoms with Gasteiger partial charge in [-0.3, -0.25) is 0 Å². The molecule has 3 rings (SSSR count). The molecular weight excluding hydrogens is 264 g/mol. The van der Waals surface area contributed by atoms with E-state index in [1.807, 2.05) is 41.5 Å². The molecule has 0 saturated carbocycles. The van der Waals surface area contributed by atoms with Gasteiger partial charge >= 0.3 is 0 Å². The van der Waals surface area contributed by atoms with Crippen molar-refractivity contribution in [2.45, 2.75) is 55.4 Å². The van der Waals surface area contributed by atoms with Crippen molar-refractivity contribution >= 4 is 21.5 Å². The summed E-state index contributed by atoms with van der Waals surface area (Å²) >= 11 is 0. The molecule has 0 spiro atoms. The minimum atomic E-state index is 1.32. The summed E-state index contributed by atoms with van der Waals surface area (Å²) in [5.41, 5.74) is 2.64. The van der Waals surface area contributed by atoms with Gasteiger partial charge in [0, 0.05) is 0 Å². The average Bonchev–Trinajstić information content (AvgIpc) is 2.58. The highest BCUT2D eigenvalue weighted by Gasteiger charge is 1.98. The molecule has 0 aliphatic rings. The molecule has 0 aliphatic carbocycles. The summed E-state index contributed by atoms with van der Waals surface area (Å²) in [6.45, 7) is 16.3. The molecule has 0 aliphatic heterocycles. The summed E-state index contributed by atoms with van der Waals surface area (Å²) in [7, 11) is 0. The van der Waals surface area contributed by atoms with Crippen LogP contribution < -0.4 is 0 Å². The average molecular weight is 296 g/mol. The lowest BCUT2D eigenvalue weighted by molar-refractivity contribution is 1.50. The van der Waals surface area contributed by atoms with Crippen LogP contribution in [0.15, 0.2) is 48.5 Å². The second-order valence-corrected chi connectivity index (χ2v) is 4.55. The minimum absolute atomic E-state index is 1.32. The van der Waals surface area contributed by atoms with Gasteiger partial charge in [0.2, 0.25) is 0 Å². The van der Waals surface area contributed by atoms with Crippen molar-refractivity contribution in [3.63, 3.8) is 0 Å². The van der Waals surface area contributed by atoms with Crippen molar-refractivity contribution < 1.29 is 0 Å². The summed E-state index contributed by atoms with van der Waals surface area (Å²) in [4.78, 5) is 0. The molecule has 0 amide bonds. The van der Waals surface area contributed by atoms with Gasteiger partial charge in [0.15, 0.2) is 0 Å². The molecule has 0 nitrogen and oxygen atoms in total. The van der Waals surface area contributed by atoms with Crippen LogP contribution >= 0.6 is 0 Å². The molecule has 0 radical (unpaired) electrons. The van der Waals surface area contributed by atoms with Gasteiger partial charge in [-0.2, -0.15) is 0 Å². The first kappa shape index (κ1) is 20.2. The Balaban J connectivity index is 0.000000661. The summed E-state index contributed by atoms with van der Waals surface area (Å²) < 4.78 is 0. The summed E-state index contributed by atoms with van der Waals surface area (Å²) in [6, 6.07) is 17.8. The molecule has 0 heterocycles. The van der Waals surface area contributed by atoms with Crippen LogP contribution in [0.25, 0.3) is 21.5 Å². The van der Waals surface area contributed by atoms with Crippen molar-refractivity contribution in [2.24, 2.45) is 0 Å². The van der Waals surface area contributed by atoms with E-state index in [-0.39, 0.29) is 0 Å². The smallest absolute Gasteiger partial charge is 0.0175 e. The monoisotopic (exact) mass is 296 g/mol. The van der Waals surface area contributed by atoms with E-state index in [0.29, 0.717) is 0 Å². The Morgan fingerprint density at radius 3 is 1.09 bits per heavy atom. The van der Waals surface area contributed by atoms with Gasteiger partial charge in [0.1, 0.15) is 0 Å². The molecule has 22 heavy (non-hydrogen) atoms. The van der Waals surface area contributed by atoms with E-state index in [9.17, 15) is 0 Å². The highest BCUT2D eigenvalue weighted by atomic mass is 14.0. The van der Waals surface area contributed by atoms with Gasteiger partial charge in [0.25, 0.3) is 0 Å². The topological polar surface area (TPSA) is 0 Å². The zero-order valence-corrected chi connectivity index (χ0v) is 15.6. The first-order chi connectivity index (χ1) is 10.7. The molecular formula is C22H32. The SMILES string of the molecule is CC.CC.CC.Cc1ccc2cc3ccc(C)cc3cc2c1. The lowest BCUT2D eigenvalue weighted by Crippen LogP contribution is -1.79. The Kier molecular flexibility index (Phi) is 9.95. The van der Waals surface area contributed by atoms with Gasteiger partial charge in [-0.05, 0) is 47.5 Å². The fourth-order valence-electron chi connectivity index (χ4n) is 2.24. The van der Waals surface area contributed by atoms with Crippen molar-refractivity contribution in [2.75, 3.05) is 0 Å². The standard InChI is InChI=1S/C16H14.3C2H6/c1-11-3-5-13-9-14-6-4-12(2)8-16(14)10-15(13)7-11;3*1-2/h3-10H,1-2H3;3*1-2H3. The maximum Gasteiger partial charge on any atom is -0.0175 e. The summed E-state index contributed by atoms with van der Waals surface area (Å²) in [5, 5.41) is 5.31. The predicted octanol–water partition coefficient (Wildman–Crippen LogP) is 7.69. The van der Waals surface area contributed by atoms with Crippen molar-refractivity contribution in [1.82, 2.24) is 0 Å². The van der Waals surface area contributed by atoms with Crippen molar-refractivity contribution in [3.05, 3.63) is 59.7 Å². The van der Waals surface area contributed by atoms with E-state index >= 15 is 0 Å². The molecule has 120 valence electrons. The van der Waals surface area contributed by atoms with Gasteiger partial charge in [-0.25, -0.2) is 0 Å². The third-order valence-electron chi connectivity index (χ3n) is 3.11. The second kappa shape index (κ2) is 10.8. The van der Waals surface area contributed by atoms with Crippen LogP contribution in [0, 0.1) is 13.8 Å². The number of aryl methyl sites for hydroxylation is 2. The van der Waals surface area contributed by atoms with E-state index < -0.39 is 0 Å². The van der Waals surface area contributed by atoms with Gasteiger partial charge in [-0.1, -0.05) is 89.1 Å². The zero-order valence-electron chi connectivity index (χ0n) is 15.6. The van der Waals surface area contributed by atoms with Crippen LogP contribution in [0.3, 0.4) is 0 Å². The Bertz CT molecular complexity index is 621. The van der Waals surface area contributed by atoms with Gasteiger partial charge < -0.3 is 0 Å². The molecule has 0 N–H and O–H groups in total. The lowest BCUT2D eigenvalue weighted by Gasteiger charge is -2.04. The first-order valence-corrected chi connectivity index (χ1v) is 8.63. The van der Waals surface area contributed by atoms with Crippen molar-refractivity contribution in [3.8, 4) is 0 Å². The highest BCUT2D eigenvalue weighted by Crippen LogP contribution is 2.24. The van der Waals surface area contributed by atoms with E-state index in [0.717, 1.165) is 0 Å². The van der Waals surface area contributed by atoms with E-state index in [1.165, 1.54) is 32.7 Å². The van der Waals surface area contributed by atoms with E-state index in [1.54, 1.807) is 0 Å². The van der Waals surface area contributed by atoms with Crippen LogP contribution in [-0.4, -0.2) is 0 Å². The Labute approximate surface area is 137 Å². The third kappa shape index (κ3) is 5.18. The first-order valence-electron chi connectivity index (χ1n) is 8.63. The molecule has 0 bridgehead atoms. The molecule has 0 saturated heterocycles. The van der Waals surface area contributed by atoms with Crippen LogP contribution in [0.5, 0.6) is 0 Å². The summed E-state index contributed by atoms with van der Waals surface area (Å²) in [5.74, 6) is 0. The van der Waals surface area contributed by atoms with E-state index in [2.05, 4.69) is 62.4 Å². The molecule has 3 aromatic rings. The van der Waals surface area contributed by atoms with Gasteiger partial charge in [0.05, 0.1) is 0 Å². The largest absolute Gasteiger partial charge is 0.0683 e. The number of fused-ring (bicyclic) bond motifs is 2. The third-order valence-corrected chi connectivity index (χ3v) is 3.11. The maximum atomic E-state index is 2.28. The number of benzene rings is 3. The lowest BCUT2D eigenvalue weighted by atomic mass is 10.0. The number of hydrogen-bond acceptors (Lipinski definition) is 0. The fraction of sp³-hybridized carbons (Fsp3) is 0.364. The second-order valence-electron chi connectivity index (χ2n) is 4.55.